The second-order valence-electron chi connectivity index (χ2n) is 6.86. The molecule has 0 aliphatic heterocycles. The van der Waals surface area contributed by atoms with Crippen LogP contribution in [0.3, 0.4) is 0 Å². The highest BCUT2D eigenvalue weighted by Crippen LogP contribution is 2.32. The number of aromatic nitrogens is 1. The molecule has 124 valence electrons. The fraction of sp³-hybridized carbons (Fsp3) is 0.0800. The molecule has 1 unspecified atom stereocenters. The summed E-state index contributed by atoms with van der Waals surface area (Å²) in [5.41, 5.74) is 5.15. The lowest BCUT2D eigenvalue weighted by molar-refractivity contribution is 1.09. The number of fused-ring (bicyclic) bond motifs is 2. The quantitative estimate of drug-likeness (QED) is 0.434. The van der Waals surface area contributed by atoms with Gasteiger partial charge >= 0.3 is 0 Å². The van der Waals surface area contributed by atoms with Crippen molar-refractivity contribution in [1.29, 1.82) is 0 Å². The standard InChI is InChI=1S/C25H19N/c1-2-11-23-19(6-1)7-3-9-21(23)16-18-13-14-22(17-18)24-12-4-8-20-10-5-15-26-25(20)24/h1-15,17,22H,16H2. The summed E-state index contributed by atoms with van der Waals surface area (Å²) < 4.78 is 0. The predicted molar refractivity (Wildman–Crippen MR) is 109 cm³/mol. The molecule has 0 saturated carbocycles. The van der Waals surface area contributed by atoms with Crippen molar-refractivity contribution in [3.8, 4) is 0 Å². The number of allylic oxidation sites excluding steroid dienone is 4. The fourth-order valence-corrected chi connectivity index (χ4v) is 3.94. The summed E-state index contributed by atoms with van der Waals surface area (Å²) >= 11 is 0. The highest BCUT2D eigenvalue weighted by molar-refractivity contribution is 5.86. The van der Waals surface area contributed by atoms with Crippen LogP contribution in [0.5, 0.6) is 0 Å². The van der Waals surface area contributed by atoms with Gasteiger partial charge in [-0.2, -0.15) is 0 Å². The number of para-hydroxylation sites is 1. The molecule has 1 nitrogen and oxygen atoms in total. The molecule has 26 heavy (non-hydrogen) atoms. The molecule has 4 aromatic rings. The van der Waals surface area contributed by atoms with E-state index in [1.54, 1.807) is 0 Å². The van der Waals surface area contributed by atoms with Gasteiger partial charge in [0, 0.05) is 17.5 Å². The first-order chi connectivity index (χ1) is 12.9. The molecule has 1 heterocycles. The first kappa shape index (κ1) is 15.1. The van der Waals surface area contributed by atoms with E-state index in [4.69, 9.17) is 0 Å². The van der Waals surface area contributed by atoms with Gasteiger partial charge in [0.15, 0.2) is 0 Å². The van der Waals surface area contributed by atoms with Crippen molar-refractivity contribution in [2.75, 3.05) is 0 Å². The van der Waals surface area contributed by atoms with Crippen molar-refractivity contribution in [2.45, 2.75) is 12.3 Å². The Hall–Kier alpha value is -3.19. The maximum absolute atomic E-state index is 4.61. The van der Waals surface area contributed by atoms with Crippen LogP contribution >= 0.6 is 0 Å². The highest BCUT2D eigenvalue weighted by Gasteiger charge is 2.15. The topological polar surface area (TPSA) is 12.9 Å². The lowest BCUT2D eigenvalue weighted by Crippen LogP contribution is -1.93. The van der Waals surface area contributed by atoms with Crippen molar-refractivity contribution >= 4 is 21.7 Å². The summed E-state index contributed by atoms with van der Waals surface area (Å²) in [6.45, 7) is 0. The lowest BCUT2D eigenvalue weighted by Gasteiger charge is -2.09. The van der Waals surface area contributed by atoms with Gasteiger partial charge < -0.3 is 0 Å². The van der Waals surface area contributed by atoms with E-state index in [0.29, 0.717) is 5.92 Å². The zero-order valence-electron chi connectivity index (χ0n) is 14.5. The molecule has 1 aliphatic rings. The number of hydrogen-bond donors (Lipinski definition) is 0. The van der Waals surface area contributed by atoms with E-state index in [0.717, 1.165) is 11.9 Å². The number of rotatable bonds is 3. The number of pyridine rings is 1. The van der Waals surface area contributed by atoms with Gasteiger partial charge in [-0.25, -0.2) is 0 Å². The Kier molecular flexibility index (Phi) is 3.64. The van der Waals surface area contributed by atoms with E-state index in [-0.39, 0.29) is 0 Å². The molecular weight excluding hydrogens is 314 g/mol. The summed E-state index contributed by atoms with van der Waals surface area (Å²) in [7, 11) is 0. The molecule has 1 atom stereocenters. The minimum atomic E-state index is 0.304. The van der Waals surface area contributed by atoms with E-state index in [9.17, 15) is 0 Å². The highest BCUT2D eigenvalue weighted by atomic mass is 14.6. The molecule has 0 radical (unpaired) electrons. The summed E-state index contributed by atoms with van der Waals surface area (Å²) in [4.78, 5) is 4.61. The van der Waals surface area contributed by atoms with E-state index < -0.39 is 0 Å². The lowest BCUT2D eigenvalue weighted by atomic mass is 9.96. The van der Waals surface area contributed by atoms with Crippen molar-refractivity contribution in [3.63, 3.8) is 0 Å². The molecule has 0 amide bonds. The van der Waals surface area contributed by atoms with Gasteiger partial charge in [-0.15, -0.1) is 0 Å². The molecule has 1 aliphatic carbocycles. The van der Waals surface area contributed by atoms with Gasteiger partial charge in [-0.1, -0.05) is 85.0 Å². The third-order valence-corrected chi connectivity index (χ3v) is 5.21. The smallest absolute Gasteiger partial charge is 0.0743 e. The Morgan fingerprint density at radius 2 is 1.58 bits per heavy atom. The van der Waals surface area contributed by atoms with Crippen LogP contribution in [0.25, 0.3) is 21.7 Å². The molecule has 0 fully saturated rings. The van der Waals surface area contributed by atoms with Gasteiger partial charge in [0.1, 0.15) is 0 Å². The molecule has 1 aromatic heterocycles. The SMILES string of the molecule is C1=CC(c2cccc3cccnc23)C=C1Cc1cccc2ccccc12. The summed E-state index contributed by atoms with van der Waals surface area (Å²) in [6.07, 6.45) is 9.79. The minimum Gasteiger partial charge on any atom is -0.256 e. The molecule has 0 saturated heterocycles. The van der Waals surface area contributed by atoms with Crippen LogP contribution < -0.4 is 0 Å². The zero-order valence-corrected chi connectivity index (χ0v) is 14.5. The van der Waals surface area contributed by atoms with Crippen molar-refractivity contribution in [3.05, 3.63) is 114 Å². The molecule has 0 bridgehead atoms. The molecule has 3 aromatic carbocycles. The summed E-state index contributed by atoms with van der Waals surface area (Å²) in [5, 5.41) is 3.86. The van der Waals surface area contributed by atoms with E-state index >= 15 is 0 Å². The van der Waals surface area contributed by atoms with Crippen LogP contribution in [0, 0.1) is 0 Å². The predicted octanol–water partition coefficient (Wildman–Crippen LogP) is 6.21. The Balaban J connectivity index is 1.50. The monoisotopic (exact) mass is 333 g/mol. The van der Waals surface area contributed by atoms with E-state index in [1.807, 2.05) is 12.3 Å². The number of hydrogen-bond acceptors (Lipinski definition) is 1. The molecule has 0 spiro atoms. The van der Waals surface area contributed by atoms with Gasteiger partial charge in [-0.3, -0.25) is 4.98 Å². The third kappa shape index (κ3) is 2.62. The van der Waals surface area contributed by atoms with Gasteiger partial charge in [0.05, 0.1) is 5.52 Å². The van der Waals surface area contributed by atoms with Crippen LogP contribution in [-0.2, 0) is 6.42 Å². The van der Waals surface area contributed by atoms with Crippen LogP contribution in [0.4, 0.5) is 0 Å². The van der Waals surface area contributed by atoms with Gasteiger partial charge in [0.25, 0.3) is 0 Å². The molecule has 1 heteroatoms. The maximum atomic E-state index is 4.61. The minimum absolute atomic E-state index is 0.304. The normalized spacial score (nSPS) is 16.3. The first-order valence-electron chi connectivity index (χ1n) is 9.08. The van der Waals surface area contributed by atoms with Gasteiger partial charge in [-0.05, 0) is 40.0 Å². The zero-order chi connectivity index (χ0) is 17.3. The second-order valence-corrected chi connectivity index (χ2v) is 6.86. The Morgan fingerprint density at radius 3 is 2.58 bits per heavy atom. The summed E-state index contributed by atoms with van der Waals surface area (Å²) in [5.74, 6) is 0.304. The second kappa shape index (κ2) is 6.27. The molecule has 0 N–H and O–H groups in total. The maximum Gasteiger partial charge on any atom is 0.0743 e. The number of nitrogens with zero attached hydrogens (tertiary/aromatic N) is 1. The summed E-state index contributed by atoms with van der Waals surface area (Å²) in [6, 6.07) is 25.8. The average molecular weight is 333 g/mol. The van der Waals surface area contributed by atoms with Gasteiger partial charge in [0.2, 0.25) is 0 Å². The molecule has 5 rings (SSSR count). The van der Waals surface area contributed by atoms with Crippen LogP contribution in [-0.4, -0.2) is 4.98 Å². The van der Waals surface area contributed by atoms with E-state index in [2.05, 4.69) is 89.9 Å². The Labute approximate surface area is 153 Å². The largest absolute Gasteiger partial charge is 0.256 e. The first-order valence-corrected chi connectivity index (χ1v) is 9.08. The Bertz CT molecular complexity index is 1160. The molecular formula is C25H19N. The van der Waals surface area contributed by atoms with Crippen molar-refractivity contribution in [1.82, 2.24) is 4.98 Å². The van der Waals surface area contributed by atoms with Crippen molar-refractivity contribution < 1.29 is 0 Å². The van der Waals surface area contributed by atoms with Crippen LogP contribution in [0.15, 0.2) is 103 Å². The van der Waals surface area contributed by atoms with E-state index in [1.165, 1.54) is 32.9 Å². The van der Waals surface area contributed by atoms with Crippen LogP contribution in [0.2, 0.25) is 0 Å². The third-order valence-electron chi connectivity index (χ3n) is 5.21. The fourth-order valence-electron chi connectivity index (χ4n) is 3.94. The Morgan fingerprint density at radius 1 is 0.769 bits per heavy atom. The average Bonchev–Trinajstić information content (AvgIpc) is 3.16. The van der Waals surface area contributed by atoms with Crippen molar-refractivity contribution in [2.24, 2.45) is 0 Å². The van der Waals surface area contributed by atoms with Crippen LogP contribution in [0.1, 0.15) is 17.0 Å². The number of benzene rings is 3.